The molecule has 3 nitrogen and oxygen atoms in total. The molecule has 29 heavy (non-hydrogen) atoms. The van der Waals surface area contributed by atoms with Gasteiger partial charge in [0.1, 0.15) is 0 Å². The Morgan fingerprint density at radius 3 is 2.03 bits per heavy atom. The molecule has 3 heteroatoms. The van der Waals surface area contributed by atoms with E-state index < -0.39 is 11.4 Å². The Morgan fingerprint density at radius 2 is 1.55 bits per heavy atom. The Morgan fingerprint density at radius 1 is 1.03 bits per heavy atom. The number of esters is 1. The number of hydrogen-bond donors (Lipinski definition) is 0. The zero-order valence-corrected chi connectivity index (χ0v) is 18.5. The van der Waals surface area contributed by atoms with Crippen LogP contribution in [0.5, 0.6) is 0 Å². The molecule has 1 aromatic rings. The summed E-state index contributed by atoms with van der Waals surface area (Å²) in [7, 11) is 0. The standard InChI is InChI=1S/C26H36O3/c1-5-17(2)21-6-8-22(9-7-21)24(28)29-16-23(27)25(3,4)26-13-18-10-19(14-26)12-20(11-18)15-26/h6-9,17-20H,5,10-16H2,1-4H3. The minimum absolute atomic E-state index is 0.0871. The third kappa shape index (κ3) is 3.66. The molecule has 4 fully saturated rings. The first-order valence-electron chi connectivity index (χ1n) is 11.5. The smallest absolute Gasteiger partial charge is 0.338 e. The number of hydrogen-bond acceptors (Lipinski definition) is 3. The van der Waals surface area contributed by atoms with Crippen LogP contribution >= 0.6 is 0 Å². The Labute approximate surface area is 175 Å². The molecule has 0 N–H and O–H groups in total. The van der Waals surface area contributed by atoms with Crippen molar-refractivity contribution >= 4 is 11.8 Å². The Balaban J connectivity index is 1.39. The first-order chi connectivity index (χ1) is 13.7. The molecule has 0 saturated heterocycles. The van der Waals surface area contributed by atoms with Crippen LogP contribution < -0.4 is 0 Å². The van der Waals surface area contributed by atoms with Gasteiger partial charge in [0.15, 0.2) is 12.4 Å². The van der Waals surface area contributed by atoms with Crippen molar-refractivity contribution in [2.45, 2.75) is 78.6 Å². The topological polar surface area (TPSA) is 43.4 Å². The molecule has 0 heterocycles. The van der Waals surface area contributed by atoms with Crippen LogP contribution in [0.15, 0.2) is 24.3 Å². The molecule has 4 aliphatic rings. The largest absolute Gasteiger partial charge is 0.454 e. The second kappa shape index (κ2) is 7.56. The number of Topliss-reactive ketones (excluding diaryl/α,β-unsaturated/α-hetero) is 1. The average Bonchev–Trinajstić information content (AvgIpc) is 2.70. The molecule has 0 amide bonds. The quantitative estimate of drug-likeness (QED) is 0.518. The number of carbonyl (C=O) groups excluding carboxylic acids is 2. The first kappa shape index (κ1) is 20.6. The van der Waals surface area contributed by atoms with E-state index in [1.165, 1.54) is 44.1 Å². The molecule has 4 bridgehead atoms. The fourth-order valence-electron chi connectivity index (χ4n) is 6.75. The van der Waals surface area contributed by atoms with Crippen molar-refractivity contribution in [3.05, 3.63) is 35.4 Å². The van der Waals surface area contributed by atoms with Crippen LogP contribution in [-0.4, -0.2) is 18.4 Å². The maximum absolute atomic E-state index is 13.2. The van der Waals surface area contributed by atoms with Crippen LogP contribution in [0.3, 0.4) is 0 Å². The van der Waals surface area contributed by atoms with Crippen molar-refractivity contribution in [1.82, 2.24) is 0 Å². The predicted molar refractivity (Wildman–Crippen MR) is 115 cm³/mol. The summed E-state index contributed by atoms with van der Waals surface area (Å²) in [4.78, 5) is 25.7. The van der Waals surface area contributed by atoms with Crippen molar-refractivity contribution in [2.24, 2.45) is 28.6 Å². The van der Waals surface area contributed by atoms with Crippen molar-refractivity contribution in [3.8, 4) is 0 Å². The summed E-state index contributed by atoms with van der Waals surface area (Å²) >= 11 is 0. The highest BCUT2D eigenvalue weighted by Crippen LogP contribution is 2.66. The van der Waals surface area contributed by atoms with Gasteiger partial charge in [-0.05, 0) is 91.7 Å². The lowest BCUT2D eigenvalue weighted by Gasteiger charge is -2.62. The van der Waals surface area contributed by atoms with Gasteiger partial charge in [-0.1, -0.05) is 39.8 Å². The first-order valence-corrected chi connectivity index (χ1v) is 11.5. The summed E-state index contributed by atoms with van der Waals surface area (Å²) < 4.78 is 5.48. The molecule has 0 spiro atoms. The van der Waals surface area contributed by atoms with Gasteiger partial charge in [-0.25, -0.2) is 4.79 Å². The van der Waals surface area contributed by atoms with E-state index in [9.17, 15) is 9.59 Å². The van der Waals surface area contributed by atoms with E-state index in [0.29, 0.717) is 11.5 Å². The van der Waals surface area contributed by atoms with Gasteiger partial charge in [0, 0.05) is 5.41 Å². The number of benzene rings is 1. The predicted octanol–water partition coefficient (Wildman–Crippen LogP) is 6.17. The molecule has 0 aromatic heterocycles. The molecule has 1 unspecified atom stereocenters. The Bertz CT molecular complexity index is 738. The number of rotatable bonds is 7. The molecule has 0 radical (unpaired) electrons. The lowest BCUT2D eigenvalue weighted by Crippen LogP contribution is -2.56. The summed E-state index contributed by atoms with van der Waals surface area (Å²) in [5.41, 5.74) is 1.44. The average molecular weight is 397 g/mol. The minimum Gasteiger partial charge on any atom is -0.454 e. The zero-order valence-electron chi connectivity index (χ0n) is 18.5. The van der Waals surface area contributed by atoms with E-state index in [0.717, 1.165) is 24.2 Å². The highest BCUT2D eigenvalue weighted by Gasteiger charge is 2.59. The van der Waals surface area contributed by atoms with Crippen LogP contribution in [0.25, 0.3) is 0 Å². The van der Waals surface area contributed by atoms with Gasteiger partial charge in [0.2, 0.25) is 0 Å². The summed E-state index contributed by atoms with van der Waals surface area (Å²) in [6, 6.07) is 7.62. The van der Waals surface area contributed by atoms with Crippen LogP contribution in [0.4, 0.5) is 0 Å². The summed E-state index contributed by atoms with van der Waals surface area (Å²) in [6.45, 7) is 8.44. The minimum atomic E-state index is -0.427. The lowest BCUT2D eigenvalue weighted by molar-refractivity contribution is -0.157. The molecule has 4 aliphatic carbocycles. The third-order valence-electron chi connectivity index (χ3n) is 8.72. The molecule has 1 atom stereocenters. The molecule has 0 aliphatic heterocycles. The summed E-state index contributed by atoms with van der Waals surface area (Å²) in [5.74, 6) is 2.59. The van der Waals surface area contributed by atoms with Crippen molar-refractivity contribution in [3.63, 3.8) is 0 Å². The van der Waals surface area contributed by atoms with Gasteiger partial charge in [-0.2, -0.15) is 0 Å². The zero-order chi connectivity index (χ0) is 20.8. The molecule has 4 saturated carbocycles. The monoisotopic (exact) mass is 396 g/mol. The number of ketones is 1. The lowest BCUT2D eigenvalue weighted by atomic mass is 9.42. The van der Waals surface area contributed by atoms with Crippen LogP contribution in [-0.2, 0) is 9.53 Å². The van der Waals surface area contributed by atoms with Gasteiger partial charge < -0.3 is 4.74 Å². The Kier molecular flexibility index (Phi) is 5.38. The van der Waals surface area contributed by atoms with E-state index in [4.69, 9.17) is 4.74 Å². The van der Waals surface area contributed by atoms with Gasteiger partial charge in [-0.3, -0.25) is 4.79 Å². The SMILES string of the molecule is CCC(C)c1ccc(C(=O)OCC(=O)C(C)(C)C23CC4CC(CC(C4)C2)C3)cc1. The fraction of sp³-hybridized carbons (Fsp3) is 0.692. The van der Waals surface area contributed by atoms with E-state index in [1.54, 1.807) is 0 Å². The van der Waals surface area contributed by atoms with Crippen LogP contribution in [0.1, 0.15) is 94.5 Å². The molecule has 5 rings (SSSR count). The second-order valence-corrected chi connectivity index (χ2v) is 10.8. The maximum atomic E-state index is 13.2. The van der Waals surface area contributed by atoms with Gasteiger partial charge in [0.05, 0.1) is 5.56 Å². The fourth-order valence-corrected chi connectivity index (χ4v) is 6.75. The summed E-state index contributed by atoms with van der Waals surface area (Å²) in [5, 5.41) is 0. The highest BCUT2D eigenvalue weighted by atomic mass is 16.5. The summed E-state index contributed by atoms with van der Waals surface area (Å²) in [6.07, 6.45) is 8.72. The van der Waals surface area contributed by atoms with Gasteiger partial charge in [-0.15, -0.1) is 0 Å². The second-order valence-electron chi connectivity index (χ2n) is 10.8. The highest BCUT2D eigenvalue weighted by molar-refractivity contribution is 5.93. The maximum Gasteiger partial charge on any atom is 0.338 e. The molecular weight excluding hydrogens is 360 g/mol. The molecular formula is C26H36O3. The van der Waals surface area contributed by atoms with E-state index in [2.05, 4.69) is 27.7 Å². The molecule has 158 valence electrons. The van der Waals surface area contributed by atoms with E-state index in [-0.39, 0.29) is 17.8 Å². The van der Waals surface area contributed by atoms with Crippen molar-refractivity contribution in [2.75, 3.05) is 6.61 Å². The third-order valence-corrected chi connectivity index (χ3v) is 8.72. The normalized spacial score (nSPS) is 31.5. The van der Waals surface area contributed by atoms with Crippen molar-refractivity contribution in [1.29, 1.82) is 0 Å². The van der Waals surface area contributed by atoms with Gasteiger partial charge in [0.25, 0.3) is 0 Å². The van der Waals surface area contributed by atoms with Gasteiger partial charge >= 0.3 is 5.97 Å². The van der Waals surface area contributed by atoms with E-state index >= 15 is 0 Å². The number of carbonyl (C=O) groups is 2. The van der Waals surface area contributed by atoms with Crippen LogP contribution in [0, 0.1) is 28.6 Å². The Hall–Kier alpha value is -1.64. The van der Waals surface area contributed by atoms with Crippen LogP contribution in [0.2, 0.25) is 0 Å². The van der Waals surface area contributed by atoms with Crippen molar-refractivity contribution < 1.29 is 14.3 Å². The molecule has 1 aromatic carbocycles. The number of ether oxygens (including phenoxy) is 1. The van der Waals surface area contributed by atoms with E-state index in [1.807, 2.05) is 24.3 Å².